The van der Waals surface area contributed by atoms with Gasteiger partial charge in [0.25, 0.3) is 0 Å². The Morgan fingerprint density at radius 3 is 2.61 bits per heavy atom. The maximum Gasteiger partial charge on any atom is 0.220 e. The Morgan fingerprint density at radius 2 is 1.94 bits per heavy atom. The molecular formula is C14H23N3O. The number of carbonyl (C=O) groups is 1. The van der Waals surface area contributed by atoms with Crippen molar-refractivity contribution in [3.8, 4) is 0 Å². The standard InChI is InChI=1S/C14H23N3O/c1-12(13-7-10-16-11-8-13)17-14(18)6-4-2-3-5-9-15/h7-8,10-12H,2-6,9,15H2,1H3,(H,17,18). The van der Waals surface area contributed by atoms with Gasteiger partial charge in [-0.25, -0.2) is 0 Å². The van der Waals surface area contributed by atoms with Gasteiger partial charge < -0.3 is 11.1 Å². The van der Waals surface area contributed by atoms with Crippen molar-refractivity contribution in [3.63, 3.8) is 0 Å². The third kappa shape index (κ3) is 5.77. The Kier molecular flexibility index (Phi) is 7.03. The van der Waals surface area contributed by atoms with Crippen molar-refractivity contribution in [1.29, 1.82) is 0 Å². The topological polar surface area (TPSA) is 68.0 Å². The third-order valence-corrected chi connectivity index (χ3v) is 2.94. The monoisotopic (exact) mass is 249 g/mol. The molecule has 4 heteroatoms. The van der Waals surface area contributed by atoms with Gasteiger partial charge in [-0.3, -0.25) is 9.78 Å². The summed E-state index contributed by atoms with van der Waals surface area (Å²) in [5, 5.41) is 3.00. The van der Waals surface area contributed by atoms with Gasteiger partial charge in [-0.15, -0.1) is 0 Å². The summed E-state index contributed by atoms with van der Waals surface area (Å²) in [5.74, 6) is 0.118. The highest BCUT2D eigenvalue weighted by molar-refractivity contribution is 5.76. The molecule has 1 aromatic heterocycles. The fourth-order valence-corrected chi connectivity index (χ4v) is 1.83. The zero-order chi connectivity index (χ0) is 13.2. The van der Waals surface area contributed by atoms with Crippen molar-refractivity contribution >= 4 is 5.91 Å². The maximum absolute atomic E-state index is 11.7. The van der Waals surface area contributed by atoms with E-state index in [1.165, 1.54) is 0 Å². The van der Waals surface area contributed by atoms with Gasteiger partial charge in [-0.2, -0.15) is 0 Å². The first kappa shape index (κ1) is 14.6. The molecule has 0 saturated heterocycles. The number of amides is 1. The van der Waals surface area contributed by atoms with Gasteiger partial charge in [-0.1, -0.05) is 12.8 Å². The lowest BCUT2D eigenvalue weighted by Gasteiger charge is -2.13. The summed E-state index contributed by atoms with van der Waals surface area (Å²) in [5.41, 5.74) is 6.50. The molecule has 100 valence electrons. The first-order chi connectivity index (χ1) is 8.74. The minimum Gasteiger partial charge on any atom is -0.350 e. The lowest BCUT2D eigenvalue weighted by atomic mass is 10.1. The molecule has 0 radical (unpaired) electrons. The first-order valence-corrected chi connectivity index (χ1v) is 6.63. The number of nitrogens with two attached hydrogens (primary N) is 1. The van der Waals surface area contributed by atoms with Gasteiger partial charge in [0, 0.05) is 18.8 Å². The van der Waals surface area contributed by atoms with Crippen LogP contribution in [0.25, 0.3) is 0 Å². The van der Waals surface area contributed by atoms with Crippen LogP contribution in [0.2, 0.25) is 0 Å². The van der Waals surface area contributed by atoms with Crippen LogP contribution in [0, 0.1) is 0 Å². The molecule has 1 amide bonds. The molecule has 0 aliphatic heterocycles. The molecule has 4 nitrogen and oxygen atoms in total. The van der Waals surface area contributed by atoms with Crippen molar-refractivity contribution in [2.75, 3.05) is 6.54 Å². The lowest BCUT2D eigenvalue weighted by Crippen LogP contribution is -2.26. The van der Waals surface area contributed by atoms with Crippen molar-refractivity contribution in [2.45, 2.75) is 45.1 Å². The van der Waals surface area contributed by atoms with Gasteiger partial charge in [0.2, 0.25) is 5.91 Å². The number of nitrogens with one attached hydrogen (secondary N) is 1. The third-order valence-electron chi connectivity index (χ3n) is 2.94. The van der Waals surface area contributed by atoms with E-state index < -0.39 is 0 Å². The smallest absolute Gasteiger partial charge is 0.220 e. The van der Waals surface area contributed by atoms with Crippen LogP contribution in [0.4, 0.5) is 0 Å². The SMILES string of the molecule is CC(NC(=O)CCCCCCN)c1ccncc1. The summed E-state index contributed by atoms with van der Waals surface area (Å²) in [4.78, 5) is 15.7. The van der Waals surface area contributed by atoms with Crippen molar-refractivity contribution < 1.29 is 4.79 Å². The number of aromatic nitrogens is 1. The Morgan fingerprint density at radius 1 is 1.28 bits per heavy atom. The largest absolute Gasteiger partial charge is 0.350 e. The summed E-state index contributed by atoms with van der Waals surface area (Å²) < 4.78 is 0. The molecule has 0 aliphatic rings. The van der Waals surface area contributed by atoms with E-state index in [0.717, 1.165) is 37.8 Å². The van der Waals surface area contributed by atoms with E-state index >= 15 is 0 Å². The van der Waals surface area contributed by atoms with Gasteiger partial charge in [0.1, 0.15) is 0 Å². The van der Waals surface area contributed by atoms with Crippen LogP contribution in [-0.4, -0.2) is 17.4 Å². The molecule has 0 aromatic carbocycles. The van der Waals surface area contributed by atoms with Gasteiger partial charge in [0.15, 0.2) is 0 Å². The van der Waals surface area contributed by atoms with Crippen molar-refractivity contribution in [2.24, 2.45) is 5.73 Å². The highest BCUT2D eigenvalue weighted by atomic mass is 16.1. The molecule has 1 rings (SSSR count). The number of rotatable bonds is 8. The molecule has 0 aliphatic carbocycles. The highest BCUT2D eigenvalue weighted by Crippen LogP contribution is 2.11. The van der Waals surface area contributed by atoms with Crippen LogP contribution in [0.5, 0.6) is 0 Å². The summed E-state index contributed by atoms with van der Waals surface area (Å²) in [6.45, 7) is 2.73. The van der Waals surface area contributed by atoms with Crippen LogP contribution in [0.3, 0.4) is 0 Å². The zero-order valence-corrected chi connectivity index (χ0v) is 11.1. The highest BCUT2D eigenvalue weighted by Gasteiger charge is 2.08. The Labute approximate surface area is 109 Å². The zero-order valence-electron chi connectivity index (χ0n) is 11.1. The molecule has 1 unspecified atom stereocenters. The molecule has 0 saturated carbocycles. The molecule has 0 spiro atoms. The average Bonchev–Trinajstić information content (AvgIpc) is 2.39. The predicted molar refractivity (Wildman–Crippen MR) is 72.9 cm³/mol. The number of hydrogen-bond donors (Lipinski definition) is 2. The van der Waals surface area contributed by atoms with E-state index in [2.05, 4.69) is 10.3 Å². The second kappa shape index (κ2) is 8.64. The van der Waals surface area contributed by atoms with Gasteiger partial charge >= 0.3 is 0 Å². The molecule has 1 heterocycles. The maximum atomic E-state index is 11.7. The van der Waals surface area contributed by atoms with E-state index in [1.807, 2.05) is 19.1 Å². The number of carbonyl (C=O) groups excluding carboxylic acids is 1. The summed E-state index contributed by atoms with van der Waals surface area (Å²) in [6.07, 6.45) is 8.26. The molecule has 1 aromatic rings. The second-order valence-electron chi connectivity index (χ2n) is 4.52. The minimum absolute atomic E-state index is 0.0459. The van der Waals surface area contributed by atoms with Gasteiger partial charge in [0.05, 0.1) is 6.04 Å². The fourth-order valence-electron chi connectivity index (χ4n) is 1.83. The molecule has 0 bridgehead atoms. The normalized spacial score (nSPS) is 12.1. The predicted octanol–water partition coefficient (Wildman–Crippen LogP) is 2.17. The lowest BCUT2D eigenvalue weighted by molar-refractivity contribution is -0.121. The van der Waals surface area contributed by atoms with Crippen LogP contribution < -0.4 is 11.1 Å². The van der Waals surface area contributed by atoms with E-state index in [9.17, 15) is 4.79 Å². The van der Waals surface area contributed by atoms with E-state index in [1.54, 1.807) is 12.4 Å². The Balaban J connectivity index is 2.20. The molecule has 0 fully saturated rings. The van der Waals surface area contributed by atoms with E-state index in [4.69, 9.17) is 5.73 Å². The van der Waals surface area contributed by atoms with Crippen LogP contribution in [0.1, 0.15) is 50.6 Å². The number of pyridine rings is 1. The number of unbranched alkanes of at least 4 members (excludes halogenated alkanes) is 3. The van der Waals surface area contributed by atoms with E-state index in [-0.39, 0.29) is 11.9 Å². The number of nitrogens with zero attached hydrogens (tertiary/aromatic N) is 1. The molecule has 18 heavy (non-hydrogen) atoms. The molecular weight excluding hydrogens is 226 g/mol. The second-order valence-corrected chi connectivity index (χ2v) is 4.52. The van der Waals surface area contributed by atoms with Crippen LogP contribution >= 0.6 is 0 Å². The summed E-state index contributed by atoms with van der Waals surface area (Å²) in [7, 11) is 0. The van der Waals surface area contributed by atoms with Gasteiger partial charge in [-0.05, 0) is 44.0 Å². The first-order valence-electron chi connectivity index (χ1n) is 6.63. The Hall–Kier alpha value is -1.42. The molecule has 3 N–H and O–H groups in total. The van der Waals surface area contributed by atoms with Crippen LogP contribution in [0.15, 0.2) is 24.5 Å². The quantitative estimate of drug-likeness (QED) is 0.694. The Bertz CT molecular complexity index is 340. The fraction of sp³-hybridized carbons (Fsp3) is 0.571. The number of hydrogen-bond acceptors (Lipinski definition) is 3. The summed E-state index contributed by atoms with van der Waals surface area (Å²) >= 11 is 0. The van der Waals surface area contributed by atoms with Crippen molar-refractivity contribution in [3.05, 3.63) is 30.1 Å². The molecule has 1 atom stereocenters. The van der Waals surface area contributed by atoms with E-state index in [0.29, 0.717) is 6.42 Å². The average molecular weight is 249 g/mol. The van der Waals surface area contributed by atoms with Crippen LogP contribution in [-0.2, 0) is 4.79 Å². The minimum atomic E-state index is 0.0459. The van der Waals surface area contributed by atoms with Crippen molar-refractivity contribution in [1.82, 2.24) is 10.3 Å². The summed E-state index contributed by atoms with van der Waals surface area (Å²) in [6, 6.07) is 3.89.